The van der Waals surface area contributed by atoms with Crippen LogP contribution in [0.5, 0.6) is 0 Å². The molecule has 1 heterocycles. The van der Waals surface area contributed by atoms with Gasteiger partial charge in [0.15, 0.2) is 0 Å². The molecule has 0 radical (unpaired) electrons. The van der Waals surface area contributed by atoms with Gasteiger partial charge in [0, 0.05) is 12.3 Å². The molecule has 0 aliphatic rings. The second kappa shape index (κ2) is 6.36. The van der Waals surface area contributed by atoms with Gasteiger partial charge in [0.1, 0.15) is 22.0 Å². The van der Waals surface area contributed by atoms with Crippen molar-refractivity contribution in [2.45, 2.75) is 19.5 Å². The van der Waals surface area contributed by atoms with Gasteiger partial charge in [-0.2, -0.15) is 5.10 Å². The van der Waals surface area contributed by atoms with Gasteiger partial charge in [-0.1, -0.05) is 18.2 Å². The smallest absolute Gasteiger partial charge is 0.148 e. The van der Waals surface area contributed by atoms with E-state index in [0.29, 0.717) is 6.54 Å². The fourth-order valence-electron chi connectivity index (χ4n) is 2.10. The molecule has 0 saturated carbocycles. The summed E-state index contributed by atoms with van der Waals surface area (Å²) < 4.78 is 24.5. The molecule has 0 aliphatic carbocycles. The average molecular weight is 308 g/mol. The SMILES string of the molecule is CC(CS(C)(=O)=O)N(C)Cc1ncnn1-c1ccccc1. The van der Waals surface area contributed by atoms with Crippen LogP contribution < -0.4 is 0 Å². The summed E-state index contributed by atoms with van der Waals surface area (Å²) in [5, 5.41) is 4.23. The molecule has 0 fully saturated rings. The average Bonchev–Trinajstić information content (AvgIpc) is 2.86. The summed E-state index contributed by atoms with van der Waals surface area (Å²) in [5.74, 6) is 0.909. The van der Waals surface area contributed by atoms with E-state index in [-0.39, 0.29) is 11.8 Å². The van der Waals surface area contributed by atoms with Gasteiger partial charge in [0.2, 0.25) is 0 Å². The van der Waals surface area contributed by atoms with Crippen molar-refractivity contribution in [3.63, 3.8) is 0 Å². The minimum absolute atomic E-state index is 0.0825. The lowest BCUT2D eigenvalue weighted by Crippen LogP contribution is -2.35. The third-order valence-electron chi connectivity index (χ3n) is 3.31. The van der Waals surface area contributed by atoms with E-state index in [2.05, 4.69) is 10.1 Å². The monoisotopic (exact) mass is 308 g/mol. The summed E-state index contributed by atoms with van der Waals surface area (Å²) in [6.45, 7) is 2.43. The van der Waals surface area contributed by atoms with Crippen LogP contribution in [-0.4, -0.2) is 53.2 Å². The Morgan fingerprint density at radius 1 is 1.29 bits per heavy atom. The summed E-state index contributed by atoms with van der Waals surface area (Å²) >= 11 is 0. The maximum absolute atomic E-state index is 11.4. The Kier molecular flexibility index (Phi) is 4.74. The Labute approximate surface area is 125 Å². The minimum Gasteiger partial charge on any atom is -0.295 e. The van der Waals surface area contributed by atoms with E-state index >= 15 is 0 Å². The fraction of sp³-hybridized carbons (Fsp3) is 0.429. The molecule has 0 saturated heterocycles. The van der Waals surface area contributed by atoms with Gasteiger partial charge in [0.25, 0.3) is 0 Å². The van der Waals surface area contributed by atoms with Gasteiger partial charge in [-0.3, -0.25) is 4.90 Å². The highest BCUT2D eigenvalue weighted by Gasteiger charge is 2.17. The molecule has 1 unspecified atom stereocenters. The zero-order chi connectivity index (χ0) is 15.5. The fourth-order valence-corrected chi connectivity index (χ4v) is 3.23. The maximum Gasteiger partial charge on any atom is 0.148 e. The Morgan fingerprint density at radius 2 is 1.95 bits per heavy atom. The summed E-state index contributed by atoms with van der Waals surface area (Å²) in [6, 6.07) is 9.66. The van der Waals surface area contributed by atoms with Crippen LogP contribution in [0.15, 0.2) is 36.7 Å². The normalized spacial score (nSPS) is 13.5. The van der Waals surface area contributed by atoms with E-state index in [4.69, 9.17) is 0 Å². The maximum atomic E-state index is 11.4. The number of rotatable bonds is 6. The first-order valence-corrected chi connectivity index (χ1v) is 8.75. The number of sulfone groups is 1. The quantitative estimate of drug-likeness (QED) is 0.800. The third kappa shape index (κ3) is 4.37. The molecule has 0 amide bonds. The Morgan fingerprint density at radius 3 is 2.57 bits per heavy atom. The van der Waals surface area contributed by atoms with Gasteiger partial charge in [-0.05, 0) is 26.1 Å². The number of para-hydroxylation sites is 1. The number of hydrogen-bond acceptors (Lipinski definition) is 5. The molecular weight excluding hydrogens is 288 g/mol. The van der Waals surface area contributed by atoms with E-state index in [1.807, 2.05) is 49.2 Å². The van der Waals surface area contributed by atoms with Crippen molar-refractivity contribution in [3.8, 4) is 5.69 Å². The number of nitrogens with zero attached hydrogens (tertiary/aromatic N) is 4. The second-order valence-electron chi connectivity index (χ2n) is 5.28. The zero-order valence-electron chi connectivity index (χ0n) is 12.5. The Balaban J connectivity index is 2.12. The Bertz CT molecular complexity index is 682. The highest BCUT2D eigenvalue weighted by Crippen LogP contribution is 2.11. The predicted octanol–water partition coefficient (Wildman–Crippen LogP) is 1.13. The molecule has 7 heteroatoms. The van der Waals surface area contributed by atoms with Crippen LogP contribution in [0.3, 0.4) is 0 Å². The Hall–Kier alpha value is -1.73. The molecule has 1 aromatic heterocycles. The molecule has 0 bridgehead atoms. The molecule has 2 aromatic rings. The molecule has 0 spiro atoms. The summed E-state index contributed by atoms with van der Waals surface area (Å²) in [4.78, 5) is 6.23. The van der Waals surface area contributed by atoms with Crippen molar-refractivity contribution in [1.82, 2.24) is 19.7 Å². The van der Waals surface area contributed by atoms with Gasteiger partial charge < -0.3 is 0 Å². The second-order valence-corrected chi connectivity index (χ2v) is 7.47. The first kappa shape index (κ1) is 15.7. The van der Waals surface area contributed by atoms with E-state index < -0.39 is 9.84 Å². The summed E-state index contributed by atoms with van der Waals surface area (Å²) in [5.41, 5.74) is 0.939. The molecular formula is C14H20N4O2S. The lowest BCUT2D eigenvalue weighted by Gasteiger charge is -2.23. The van der Waals surface area contributed by atoms with E-state index in [1.54, 1.807) is 4.68 Å². The highest BCUT2D eigenvalue weighted by atomic mass is 32.2. The predicted molar refractivity (Wildman–Crippen MR) is 82.0 cm³/mol. The van der Waals surface area contributed by atoms with Crippen LogP contribution in [0.1, 0.15) is 12.7 Å². The van der Waals surface area contributed by atoms with E-state index in [0.717, 1.165) is 11.5 Å². The standard InChI is InChI=1S/C14H20N4O2S/c1-12(10-21(3,19)20)17(2)9-14-15-11-16-18(14)13-7-5-4-6-8-13/h4-8,11-12H,9-10H2,1-3H3. The molecule has 21 heavy (non-hydrogen) atoms. The van der Waals surface area contributed by atoms with Crippen molar-refractivity contribution < 1.29 is 8.42 Å². The van der Waals surface area contributed by atoms with Crippen LogP contribution in [-0.2, 0) is 16.4 Å². The van der Waals surface area contributed by atoms with Crippen LogP contribution in [0.4, 0.5) is 0 Å². The van der Waals surface area contributed by atoms with Crippen molar-refractivity contribution in [1.29, 1.82) is 0 Å². The summed E-state index contributed by atoms with van der Waals surface area (Å²) in [7, 11) is -1.11. The number of hydrogen-bond donors (Lipinski definition) is 0. The van der Waals surface area contributed by atoms with Gasteiger partial charge in [-0.25, -0.2) is 18.1 Å². The topological polar surface area (TPSA) is 68.1 Å². The third-order valence-corrected chi connectivity index (χ3v) is 4.39. The molecule has 114 valence electrons. The van der Waals surface area contributed by atoms with Gasteiger partial charge >= 0.3 is 0 Å². The van der Waals surface area contributed by atoms with Gasteiger partial charge in [-0.15, -0.1) is 0 Å². The van der Waals surface area contributed by atoms with Crippen LogP contribution >= 0.6 is 0 Å². The van der Waals surface area contributed by atoms with Crippen molar-refractivity contribution in [3.05, 3.63) is 42.5 Å². The van der Waals surface area contributed by atoms with Crippen LogP contribution in [0, 0.1) is 0 Å². The van der Waals surface area contributed by atoms with Crippen molar-refractivity contribution in [2.24, 2.45) is 0 Å². The lowest BCUT2D eigenvalue weighted by atomic mass is 10.3. The van der Waals surface area contributed by atoms with Crippen LogP contribution in [0.2, 0.25) is 0 Å². The largest absolute Gasteiger partial charge is 0.295 e. The molecule has 2 rings (SSSR count). The van der Waals surface area contributed by atoms with Gasteiger partial charge in [0.05, 0.1) is 18.0 Å². The first-order chi connectivity index (χ1) is 9.87. The molecule has 0 N–H and O–H groups in total. The van der Waals surface area contributed by atoms with E-state index in [1.165, 1.54) is 12.6 Å². The zero-order valence-corrected chi connectivity index (χ0v) is 13.3. The number of benzene rings is 1. The highest BCUT2D eigenvalue weighted by molar-refractivity contribution is 7.90. The lowest BCUT2D eigenvalue weighted by molar-refractivity contribution is 0.259. The first-order valence-electron chi connectivity index (χ1n) is 6.69. The number of aromatic nitrogens is 3. The van der Waals surface area contributed by atoms with E-state index in [9.17, 15) is 8.42 Å². The molecule has 0 aliphatic heterocycles. The van der Waals surface area contributed by atoms with Crippen molar-refractivity contribution >= 4 is 9.84 Å². The molecule has 6 nitrogen and oxygen atoms in total. The minimum atomic E-state index is -2.99. The van der Waals surface area contributed by atoms with Crippen molar-refractivity contribution in [2.75, 3.05) is 19.1 Å². The van der Waals surface area contributed by atoms with Crippen LogP contribution in [0.25, 0.3) is 5.69 Å². The summed E-state index contributed by atoms with van der Waals surface area (Å²) in [6.07, 6.45) is 2.77. The molecule has 1 atom stereocenters. The molecule has 1 aromatic carbocycles.